The average Bonchev–Trinajstić information content (AvgIpc) is 2.41. The first-order valence-electron chi connectivity index (χ1n) is 7.05. The summed E-state index contributed by atoms with van der Waals surface area (Å²) in [6, 6.07) is 3.73. The second kappa shape index (κ2) is 7.88. The predicted molar refractivity (Wildman–Crippen MR) is 82.6 cm³/mol. The number of nitrogens with one attached hydrogen (secondary N) is 2. The number of carbonyl (C=O) groups excluding carboxylic acids is 1. The maximum absolute atomic E-state index is 13.1. The maximum atomic E-state index is 13.1. The minimum Gasteiger partial charge on any atom is -0.497 e. The first kappa shape index (κ1) is 19.6. The van der Waals surface area contributed by atoms with E-state index >= 15 is 0 Å². The number of methoxy groups -OCH3 is 1. The van der Waals surface area contributed by atoms with Crippen molar-refractivity contribution in [1.29, 1.82) is 0 Å². The summed E-state index contributed by atoms with van der Waals surface area (Å²) in [5.74, 6) is -0.0569. The lowest BCUT2D eigenvalue weighted by Gasteiger charge is -2.31. The largest absolute Gasteiger partial charge is 0.497 e. The van der Waals surface area contributed by atoms with Crippen LogP contribution in [-0.4, -0.2) is 26.1 Å². The van der Waals surface area contributed by atoms with Crippen LogP contribution in [-0.2, 0) is 17.5 Å². The molecule has 0 bridgehead atoms. The van der Waals surface area contributed by atoms with Crippen molar-refractivity contribution in [2.75, 3.05) is 20.2 Å². The van der Waals surface area contributed by atoms with E-state index in [1.165, 1.54) is 19.2 Å². The molecule has 4 nitrogen and oxygen atoms in total. The van der Waals surface area contributed by atoms with Crippen molar-refractivity contribution in [3.8, 4) is 5.75 Å². The first-order valence-corrected chi connectivity index (χ1v) is 7.05. The molecule has 1 aliphatic rings. The predicted octanol–water partition coefficient (Wildman–Crippen LogP) is 2.61. The second-order valence-corrected chi connectivity index (χ2v) is 5.45. The molecule has 2 rings (SSSR count). The molecule has 1 atom stereocenters. The van der Waals surface area contributed by atoms with Crippen LogP contribution in [0, 0.1) is 11.8 Å². The highest BCUT2D eigenvalue weighted by molar-refractivity contribution is 5.85. The summed E-state index contributed by atoms with van der Waals surface area (Å²) in [5, 5.41) is 5.66. The molecule has 1 saturated heterocycles. The molecule has 2 N–H and O–H groups in total. The molecule has 130 valence electrons. The highest BCUT2D eigenvalue weighted by atomic mass is 35.5. The lowest BCUT2D eigenvalue weighted by Crippen LogP contribution is -2.49. The van der Waals surface area contributed by atoms with Gasteiger partial charge >= 0.3 is 6.18 Å². The Kier molecular flexibility index (Phi) is 6.70. The number of hydrogen-bond acceptors (Lipinski definition) is 3. The zero-order chi connectivity index (χ0) is 16.3. The number of alkyl halides is 3. The van der Waals surface area contributed by atoms with E-state index in [1.807, 2.05) is 0 Å². The molecule has 1 aromatic carbocycles. The van der Waals surface area contributed by atoms with Crippen LogP contribution in [0.15, 0.2) is 18.2 Å². The van der Waals surface area contributed by atoms with E-state index in [2.05, 4.69) is 10.6 Å². The van der Waals surface area contributed by atoms with Gasteiger partial charge in [-0.2, -0.15) is 13.2 Å². The molecular weight excluding hydrogens is 333 g/mol. The average molecular weight is 353 g/mol. The Morgan fingerprint density at radius 1 is 1.43 bits per heavy atom. The van der Waals surface area contributed by atoms with Crippen LogP contribution in [0.5, 0.6) is 5.75 Å². The van der Waals surface area contributed by atoms with Gasteiger partial charge in [0.15, 0.2) is 0 Å². The van der Waals surface area contributed by atoms with Gasteiger partial charge in [-0.15, -0.1) is 12.4 Å². The third-order valence-electron chi connectivity index (χ3n) is 4.01. The highest BCUT2D eigenvalue weighted by Crippen LogP contribution is 2.34. The molecule has 8 heteroatoms. The molecule has 0 saturated carbocycles. The molecule has 23 heavy (non-hydrogen) atoms. The smallest absolute Gasteiger partial charge is 0.416 e. The number of carbonyl (C=O) groups is 1. The number of ether oxygens (including phenoxy) is 1. The van der Waals surface area contributed by atoms with Crippen LogP contribution < -0.4 is 15.4 Å². The Labute approximate surface area is 139 Å². The summed E-state index contributed by atoms with van der Waals surface area (Å²) >= 11 is 0. The van der Waals surface area contributed by atoms with Gasteiger partial charge in [0.1, 0.15) is 5.75 Å². The molecule has 1 fully saturated rings. The van der Waals surface area contributed by atoms with E-state index in [9.17, 15) is 18.0 Å². The van der Waals surface area contributed by atoms with Crippen LogP contribution in [0.25, 0.3) is 0 Å². The summed E-state index contributed by atoms with van der Waals surface area (Å²) in [7, 11) is 1.31. The van der Waals surface area contributed by atoms with Gasteiger partial charge in [0.25, 0.3) is 0 Å². The quantitative estimate of drug-likeness (QED) is 0.856. The molecule has 0 aliphatic carbocycles. The fourth-order valence-corrected chi connectivity index (χ4v) is 2.32. The van der Waals surface area contributed by atoms with Gasteiger partial charge in [-0.1, -0.05) is 13.0 Å². The summed E-state index contributed by atoms with van der Waals surface area (Å²) < 4.78 is 44.0. The monoisotopic (exact) mass is 352 g/mol. The third kappa shape index (κ3) is 4.75. The van der Waals surface area contributed by atoms with E-state index < -0.39 is 11.7 Å². The van der Waals surface area contributed by atoms with Crippen LogP contribution in [0.2, 0.25) is 0 Å². The van der Waals surface area contributed by atoms with Gasteiger partial charge in [-0.25, -0.2) is 0 Å². The summed E-state index contributed by atoms with van der Waals surface area (Å²) in [4.78, 5) is 12.0. The molecule has 1 heterocycles. The molecule has 0 aromatic heterocycles. The topological polar surface area (TPSA) is 50.4 Å². The summed E-state index contributed by atoms with van der Waals surface area (Å²) in [6.07, 6.45) is -4.49. The number of halogens is 4. The van der Waals surface area contributed by atoms with Crippen molar-refractivity contribution < 1.29 is 22.7 Å². The Hall–Kier alpha value is -1.47. The Balaban J connectivity index is 0.00000264. The van der Waals surface area contributed by atoms with E-state index in [0.717, 1.165) is 19.2 Å². The van der Waals surface area contributed by atoms with E-state index in [4.69, 9.17) is 4.74 Å². The third-order valence-corrected chi connectivity index (χ3v) is 4.01. The molecule has 1 amide bonds. The highest BCUT2D eigenvalue weighted by Gasteiger charge is 2.34. The SMILES string of the molecule is COc1ccc(CNC(=O)C(C)C2CNC2)c(C(F)(F)F)c1.Cl. The van der Waals surface area contributed by atoms with Crippen molar-refractivity contribution in [3.05, 3.63) is 29.3 Å². The summed E-state index contributed by atoms with van der Waals surface area (Å²) in [6.45, 7) is 3.18. The van der Waals surface area contributed by atoms with Crippen LogP contribution in [0.4, 0.5) is 13.2 Å². The lowest BCUT2D eigenvalue weighted by atomic mass is 9.88. The Morgan fingerprint density at radius 3 is 2.57 bits per heavy atom. The Bertz CT molecular complexity index is 548. The molecule has 1 aliphatic heterocycles. The van der Waals surface area contributed by atoms with Crippen LogP contribution in [0.3, 0.4) is 0 Å². The van der Waals surface area contributed by atoms with Gasteiger partial charge < -0.3 is 15.4 Å². The van der Waals surface area contributed by atoms with E-state index in [1.54, 1.807) is 6.92 Å². The van der Waals surface area contributed by atoms with Gasteiger partial charge in [0.05, 0.1) is 12.7 Å². The molecule has 1 unspecified atom stereocenters. The van der Waals surface area contributed by atoms with Gasteiger partial charge in [0, 0.05) is 12.5 Å². The van der Waals surface area contributed by atoms with Crippen molar-refractivity contribution in [2.24, 2.45) is 11.8 Å². The molecule has 1 aromatic rings. The Morgan fingerprint density at radius 2 is 2.09 bits per heavy atom. The number of amides is 1. The van der Waals surface area contributed by atoms with E-state index in [-0.39, 0.29) is 48.0 Å². The normalized spacial score (nSPS) is 16.0. The van der Waals surface area contributed by atoms with E-state index in [0.29, 0.717) is 0 Å². The second-order valence-electron chi connectivity index (χ2n) is 5.45. The zero-order valence-electron chi connectivity index (χ0n) is 12.9. The fourth-order valence-electron chi connectivity index (χ4n) is 2.32. The van der Waals surface area contributed by atoms with Gasteiger partial charge in [0.2, 0.25) is 5.91 Å². The minimum absolute atomic E-state index is 0. The number of rotatable bonds is 5. The van der Waals surface area contributed by atoms with Crippen molar-refractivity contribution in [2.45, 2.75) is 19.6 Å². The summed E-state index contributed by atoms with van der Waals surface area (Å²) in [5.41, 5.74) is -0.759. The number of hydrogen-bond donors (Lipinski definition) is 2. The van der Waals surface area contributed by atoms with Crippen LogP contribution in [0.1, 0.15) is 18.1 Å². The fraction of sp³-hybridized carbons (Fsp3) is 0.533. The maximum Gasteiger partial charge on any atom is 0.416 e. The molecule has 0 radical (unpaired) electrons. The molecular formula is C15H20ClF3N2O2. The zero-order valence-corrected chi connectivity index (χ0v) is 13.7. The van der Waals surface area contributed by atoms with Crippen molar-refractivity contribution in [3.63, 3.8) is 0 Å². The van der Waals surface area contributed by atoms with Gasteiger partial charge in [-0.05, 0) is 36.7 Å². The van der Waals surface area contributed by atoms with Crippen molar-refractivity contribution in [1.82, 2.24) is 10.6 Å². The van der Waals surface area contributed by atoms with Crippen molar-refractivity contribution >= 4 is 18.3 Å². The van der Waals surface area contributed by atoms with Crippen LogP contribution >= 0.6 is 12.4 Å². The minimum atomic E-state index is -4.49. The standard InChI is InChI=1S/C15H19F3N2O2.ClH/c1-9(11-6-19-7-11)14(21)20-8-10-3-4-12(22-2)5-13(10)15(16,17)18;/h3-5,9,11,19H,6-8H2,1-2H3,(H,20,21);1H. The van der Waals surface area contributed by atoms with Gasteiger partial charge in [-0.3, -0.25) is 4.79 Å². The number of benzene rings is 1. The lowest BCUT2D eigenvalue weighted by molar-refractivity contribution is -0.138. The molecule has 0 spiro atoms. The first-order chi connectivity index (χ1) is 10.3.